The number of anilines is 1. The van der Waals surface area contributed by atoms with E-state index in [9.17, 15) is 14.9 Å². The Bertz CT molecular complexity index is 1190. The van der Waals surface area contributed by atoms with Crippen molar-refractivity contribution in [1.29, 1.82) is 0 Å². The van der Waals surface area contributed by atoms with Gasteiger partial charge in [-0.3, -0.25) is 10.1 Å². The largest absolute Gasteiger partial charge is 0.418 e. The Morgan fingerprint density at radius 1 is 0.903 bits per heavy atom. The van der Waals surface area contributed by atoms with Gasteiger partial charge in [-0.15, -0.1) is 10.2 Å². The minimum atomic E-state index is -0.756. The summed E-state index contributed by atoms with van der Waals surface area (Å²) in [6.07, 6.45) is 0. The van der Waals surface area contributed by atoms with Crippen molar-refractivity contribution in [3.8, 4) is 11.5 Å². The third-order valence-corrected chi connectivity index (χ3v) is 4.47. The van der Waals surface area contributed by atoms with E-state index >= 15 is 0 Å². The summed E-state index contributed by atoms with van der Waals surface area (Å²) in [6.45, 7) is 0. The average Bonchev–Trinajstić information content (AvgIpc) is 3.29. The molecule has 4 aromatic rings. The van der Waals surface area contributed by atoms with Crippen LogP contribution in [0, 0.1) is 10.1 Å². The van der Waals surface area contributed by atoms with Crippen molar-refractivity contribution < 1.29 is 14.1 Å². The number of carbonyl (C=O) groups is 1. The fourth-order valence-corrected chi connectivity index (χ4v) is 3.01. The summed E-state index contributed by atoms with van der Waals surface area (Å²) >= 11 is 0. The zero-order valence-corrected chi connectivity index (χ0v) is 16.1. The van der Waals surface area contributed by atoms with E-state index in [1.54, 1.807) is 6.07 Å². The van der Waals surface area contributed by atoms with Crippen LogP contribution in [0.15, 0.2) is 89.3 Å². The van der Waals surface area contributed by atoms with Gasteiger partial charge in [-0.05, 0) is 23.8 Å². The highest BCUT2D eigenvalue weighted by Gasteiger charge is 2.24. The molecule has 1 heterocycles. The first-order chi connectivity index (χ1) is 15.1. The molecule has 0 aliphatic carbocycles. The number of para-hydroxylation sites is 2. The van der Waals surface area contributed by atoms with Crippen molar-refractivity contribution in [2.24, 2.45) is 0 Å². The van der Waals surface area contributed by atoms with E-state index in [-0.39, 0.29) is 17.3 Å². The van der Waals surface area contributed by atoms with Crippen molar-refractivity contribution in [2.45, 2.75) is 6.04 Å². The Morgan fingerprint density at radius 2 is 1.55 bits per heavy atom. The van der Waals surface area contributed by atoms with Crippen LogP contribution in [0.1, 0.15) is 17.5 Å². The Hall–Kier alpha value is -4.53. The lowest BCUT2D eigenvalue weighted by Gasteiger charge is -2.16. The molecule has 0 saturated heterocycles. The molecule has 9 heteroatoms. The number of hydrogen-bond donors (Lipinski definition) is 2. The summed E-state index contributed by atoms with van der Waals surface area (Å²) in [6, 6.07) is 22.8. The molecule has 154 valence electrons. The van der Waals surface area contributed by atoms with E-state index in [0.29, 0.717) is 11.5 Å². The first kappa shape index (κ1) is 19.8. The van der Waals surface area contributed by atoms with Crippen molar-refractivity contribution in [1.82, 2.24) is 15.5 Å². The number of rotatable bonds is 6. The molecule has 0 radical (unpaired) electrons. The number of amides is 2. The molecule has 2 amide bonds. The number of urea groups is 1. The molecular weight excluding hydrogens is 398 g/mol. The predicted molar refractivity (Wildman–Crippen MR) is 113 cm³/mol. The maximum Gasteiger partial charge on any atom is 0.320 e. The van der Waals surface area contributed by atoms with Gasteiger partial charge < -0.3 is 15.1 Å². The molecule has 1 unspecified atom stereocenters. The molecule has 3 aromatic carbocycles. The zero-order valence-electron chi connectivity index (χ0n) is 16.1. The van der Waals surface area contributed by atoms with E-state index < -0.39 is 17.0 Å². The topological polar surface area (TPSA) is 123 Å². The van der Waals surface area contributed by atoms with Gasteiger partial charge in [0.2, 0.25) is 11.8 Å². The second kappa shape index (κ2) is 8.87. The molecule has 0 spiro atoms. The summed E-state index contributed by atoms with van der Waals surface area (Å²) in [5.74, 6) is 0.500. The van der Waals surface area contributed by atoms with Crippen LogP contribution < -0.4 is 10.6 Å². The number of nitrogens with one attached hydrogen (secondary N) is 2. The van der Waals surface area contributed by atoms with Crippen LogP contribution in [0.25, 0.3) is 11.5 Å². The molecule has 1 atom stereocenters. The van der Waals surface area contributed by atoms with Crippen molar-refractivity contribution >= 4 is 17.4 Å². The molecule has 31 heavy (non-hydrogen) atoms. The van der Waals surface area contributed by atoms with Gasteiger partial charge in [0.05, 0.1) is 4.92 Å². The lowest BCUT2D eigenvalue weighted by Crippen LogP contribution is -2.33. The van der Waals surface area contributed by atoms with Crippen molar-refractivity contribution in [3.63, 3.8) is 0 Å². The summed E-state index contributed by atoms with van der Waals surface area (Å²) in [5.41, 5.74) is 1.33. The fraction of sp³-hybridized carbons (Fsp3) is 0.0455. The lowest BCUT2D eigenvalue weighted by molar-refractivity contribution is -0.383. The average molecular weight is 415 g/mol. The number of nitro groups is 1. The molecule has 0 fully saturated rings. The van der Waals surface area contributed by atoms with Crippen LogP contribution in [-0.4, -0.2) is 21.2 Å². The Labute approximate surface area is 176 Å². The maximum absolute atomic E-state index is 12.7. The Kier molecular flexibility index (Phi) is 5.66. The molecule has 4 rings (SSSR count). The van der Waals surface area contributed by atoms with Crippen LogP contribution in [0.2, 0.25) is 0 Å². The second-order valence-corrected chi connectivity index (χ2v) is 6.53. The number of nitro benzene ring substituents is 1. The first-order valence-corrected chi connectivity index (χ1v) is 9.36. The van der Waals surface area contributed by atoms with E-state index in [2.05, 4.69) is 20.8 Å². The monoisotopic (exact) mass is 415 g/mol. The molecular formula is C22H17N5O4. The second-order valence-electron chi connectivity index (χ2n) is 6.53. The zero-order chi connectivity index (χ0) is 21.6. The highest BCUT2D eigenvalue weighted by Crippen LogP contribution is 2.26. The maximum atomic E-state index is 12.7. The number of aromatic nitrogens is 2. The van der Waals surface area contributed by atoms with Crippen molar-refractivity contribution in [2.75, 3.05) is 5.32 Å². The predicted octanol–water partition coefficient (Wildman–Crippen LogP) is 4.56. The minimum absolute atomic E-state index is 0.0762. The van der Waals surface area contributed by atoms with Gasteiger partial charge in [-0.2, -0.15) is 0 Å². The van der Waals surface area contributed by atoms with E-state index in [1.165, 1.54) is 18.2 Å². The van der Waals surface area contributed by atoms with Gasteiger partial charge in [0, 0.05) is 11.6 Å². The third kappa shape index (κ3) is 4.56. The Balaban J connectivity index is 1.61. The number of hydrogen-bond acceptors (Lipinski definition) is 6. The van der Waals surface area contributed by atoms with Gasteiger partial charge in [0.15, 0.2) is 0 Å². The summed E-state index contributed by atoms with van der Waals surface area (Å²) in [4.78, 5) is 23.3. The molecule has 1 aromatic heterocycles. The normalized spacial score (nSPS) is 11.5. The minimum Gasteiger partial charge on any atom is -0.418 e. The van der Waals surface area contributed by atoms with Crippen LogP contribution in [0.3, 0.4) is 0 Å². The highest BCUT2D eigenvalue weighted by atomic mass is 16.6. The summed E-state index contributed by atoms with van der Waals surface area (Å²) < 4.78 is 5.83. The van der Waals surface area contributed by atoms with Gasteiger partial charge >= 0.3 is 6.03 Å². The van der Waals surface area contributed by atoms with Gasteiger partial charge in [0.1, 0.15) is 11.7 Å². The lowest BCUT2D eigenvalue weighted by atomic mass is 10.1. The smallest absolute Gasteiger partial charge is 0.320 e. The third-order valence-electron chi connectivity index (χ3n) is 4.47. The molecule has 0 aliphatic rings. The fourth-order valence-electron chi connectivity index (χ4n) is 3.01. The molecule has 0 aliphatic heterocycles. The van der Waals surface area contributed by atoms with Crippen molar-refractivity contribution in [3.05, 3.63) is 106 Å². The molecule has 0 saturated carbocycles. The SMILES string of the molecule is O=C(Nc1ccccc1[N+](=O)[O-])NC(c1ccccc1)c1nnc(-c2ccccc2)o1. The molecule has 0 bridgehead atoms. The van der Waals surface area contributed by atoms with Gasteiger partial charge in [-0.1, -0.05) is 60.7 Å². The van der Waals surface area contributed by atoms with Crippen LogP contribution in [0.4, 0.5) is 16.2 Å². The quantitative estimate of drug-likeness (QED) is 0.352. The van der Waals surface area contributed by atoms with Crippen LogP contribution in [0.5, 0.6) is 0 Å². The van der Waals surface area contributed by atoms with Gasteiger partial charge in [0.25, 0.3) is 5.69 Å². The number of carbonyl (C=O) groups excluding carboxylic acids is 1. The Morgan fingerprint density at radius 3 is 2.26 bits per heavy atom. The van der Waals surface area contributed by atoms with Crippen LogP contribution in [-0.2, 0) is 0 Å². The molecule has 9 nitrogen and oxygen atoms in total. The standard InChI is InChI=1S/C22H17N5O4/c28-22(23-17-13-7-8-14-18(17)27(29)30)24-19(15-9-3-1-4-10-15)21-26-25-20(31-21)16-11-5-2-6-12-16/h1-14,19H,(H2,23,24,28). The summed E-state index contributed by atoms with van der Waals surface area (Å²) in [5, 5.41) is 24.7. The first-order valence-electron chi connectivity index (χ1n) is 9.36. The number of benzene rings is 3. The van der Waals surface area contributed by atoms with E-state index in [4.69, 9.17) is 4.42 Å². The van der Waals surface area contributed by atoms with E-state index in [0.717, 1.165) is 5.56 Å². The van der Waals surface area contributed by atoms with Crippen LogP contribution >= 0.6 is 0 Å². The summed E-state index contributed by atoms with van der Waals surface area (Å²) in [7, 11) is 0. The molecule has 2 N–H and O–H groups in total. The number of nitrogens with zero attached hydrogens (tertiary/aromatic N) is 3. The van der Waals surface area contributed by atoms with Gasteiger partial charge in [-0.25, -0.2) is 4.79 Å². The highest BCUT2D eigenvalue weighted by molar-refractivity contribution is 5.92. The van der Waals surface area contributed by atoms with E-state index in [1.807, 2.05) is 60.7 Å².